The highest BCUT2D eigenvalue weighted by molar-refractivity contribution is 5.96. The minimum absolute atomic E-state index is 0.00997. The van der Waals surface area contributed by atoms with Gasteiger partial charge in [0.05, 0.1) is 12.1 Å². The smallest absolute Gasteiger partial charge is 0.226 e. The Hall–Kier alpha value is -4.64. The first-order valence-corrected chi connectivity index (χ1v) is 21.1. The van der Waals surface area contributed by atoms with Crippen LogP contribution in [0.2, 0.25) is 0 Å². The van der Waals surface area contributed by atoms with Crippen molar-refractivity contribution in [1.82, 2.24) is 10.2 Å². The van der Waals surface area contributed by atoms with E-state index in [4.69, 9.17) is 26.7 Å². The van der Waals surface area contributed by atoms with Crippen LogP contribution in [0.25, 0.3) is 11.1 Å². The molecule has 0 unspecified atom stereocenters. The zero-order valence-electron chi connectivity index (χ0n) is 34.6. The van der Waals surface area contributed by atoms with Crippen LogP contribution in [-0.2, 0) is 30.4 Å². The van der Waals surface area contributed by atoms with E-state index >= 15 is 0 Å². The van der Waals surface area contributed by atoms with Gasteiger partial charge in [0, 0.05) is 74.7 Å². The van der Waals surface area contributed by atoms with Gasteiger partial charge in [-0.1, -0.05) is 45.2 Å². The normalized spacial score (nSPS) is 21.5. The number of nitrogens with two attached hydrogens (primary N) is 3. The molecule has 0 saturated heterocycles. The molecule has 2 amide bonds. The standard InChI is InChI=1S/C45H64N6O7/c1-4-5-7-30-9-12-32(13-10-30)39(53)28-34(17-19-47)45(56)51(3)43-33-14-16-42(58-23-21-49)36(27-33)35-25-31(11-15-41(35)57-22-20-48)26-37(38(52)8-6-18-46)50-44(55)29(2)24-40(43)54/h11,14-16,25,27,29-30,32,34,37,43H,4-10,12-13,17,19-24,26,28,47-49H2,1-3H3,(H,50,55)/t29-,30?,32?,34-,37+,43+/m1/s1. The predicted octanol–water partition coefficient (Wildman–Crippen LogP) is 4.96. The van der Waals surface area contributed by atoms with Crippen LogP contribution < -0.4 is 32.0 Å². The highest BCUT2D eigenvalue weighted by atomic mass is 16.5. The molecule has 7 N–H and O–H groups in total. The molecule has 2 aromatic rings. The van der Waals surface area contributed by atoms with E-state index in [2.05, 4.69) is 12.2 Å². The van der Waals surface area contributed by atoms with Crippen LogP contribution in [0, 0.1) is 35.0 Å². The lowest BCUT2D eigenvalue weighted by Crippen LogP contribution is -2.46. The van der Waals surface area contributed by atoms with Crippen molar-refractivity contribution >= 4 is 29.2 Å². The van der Waals surface area contributed by atoms with Crippen molar-refractivity contribution in [2.75, 3.05) is 39.9 Å². The lowest BCUT2D eigenvalue weighted by molar-refractivity contribution is -0.144. The molecule has 1 fully saturated rings. The van der Waals surface area contributed by atoms with Gasteiger partial charge >= 0.3 is 0 Å². The minimum Gasteiger partial charge on any atom is -0.492 e. The molecule has 0 radical (unpaired) electrons. The molecule has 13 nitrogen and oxygen atoms in total. The van der Waals surface area contributed by atoms with E-state index in [1.54, 1.807) is 44.3 Å². The molecule has 1 aliphatic carbocycles. The second kappa shape index (κ2) is 23.1. The number of carbonyl (C=O) groups is 5. The van der Waals surface area contributed by atoms with Crippen LogP contribution in [0.5, 0.6) is 11.5 Å². The van der Waals surface area contributed by atoms with Gasteiger partial charge in [-0.15, -0.1) is 0 Å². The summed E-state index contributed by atoms with van der Waals surface area (Å²) in [7, 11) is 1.56. The van der Waals surface area contributed by atoms with Gasteiger partial charge in [0.2, 0.25) is 11.8 Å². The molecule has 1 heterocycles. The number of nitrogens with zero attached hydrogens (tertiary/aromatic N) is 2. The zero-order chi connectivity index (χ0) is 42.2. The maximum absolute atomic E-state index is 14.6. The van der Waals surface area contributed by atoms with Crippen LogP contribution in [0.4, 0.5) is 0 Å². The van der Waals surface area contributed by atoms with E-state index < -0.39 is 35.6 Å². The summed E-state index contributed by atoms with van der Waals surface area (Å²) in [6.45, 7) is 4.86. The van der Waals surface area contributed by atoms with Gasteiger partial charge in [-0.2, -0.15) is 5.26 Å². The van der Waals surface area contributed by atoms with Crippen LogP contribution in [0.1, 0.15) is 108 Å². The summed E-state index contributed by atoms with van der Waals surface area (Å²) in [5.41, 5.74) is 20.0. The Morgan fingerprint density at radius 2 is 1.57 bits per heavy atom. The molecule has 0 spiro atoms. The fourth-order valence-corrected chi connectivity index (χ4v) is 8.32. The van der Waals surface area contributed by atoms with Gasteiger partial charge in [-0.25, -0.2) is 0 Å². The van der Waals surface area contributed by atoms with Crippen LogP contribution in [-0.4, -0.2) is 80.0 Å². The van der Waals surface area contributed by atoms with E-state index in [0.29, 0.717) is 39.7 Å². The number of carbonyl (C=O) groups excluding carboxylic acids is 5. The number of ketones is 3. The van der Waals surface area contributed by atoms with Gasteiger partial charge in [-0.3, -0.25) is 24.0 Å². The molecule has 2 aliphatic rings. The highest BCUT2D eigenvalue weighted by Gasteiger charge is 2.37. The van der Waals surface area contributed by atoms with Gasteiger partial charge in [0.25, 0.3) is 0 Å². The van der Waals surface area contributed by atoms with E-state index in [-0.39, 0.29) is 94.8 Å². The first-order chi connectivity index (χ1) is 27.9. The van der Waals surface area contributed by atoms with Crippen molar-refractivity contribution in [3.05, 3.63) is 47.5 Å². The van der Waals surface area contributed by atoms with Gasteiger partial charge in [-0.05, 0) is 86.4 Å². The Morgan fingerprint density at radius 3 is 2.19 bits per heavy atom. The Balaban J connectivity index is 1.79. The quantitative estimate of drug-likeness (QED) is 0.149. The summed E-state index contributed by atoms with van der Waals surface area (Å²) >= 11 is 0. The number of hydrogen-bond acceptors (Lipinski definition) is 11. The van der Waals surface area contributed by atoms with Gasteiger partial charge in [0.15, 0.2) is 11.6 Å². The highest BCUT2D eigenvalue weighted by Crippen LogP contribution is 2.41. The number of Topliss-reactive ketones (excluding diaryl/α,β-unsaturated/α-hetero) is 3. The predicted molar refractivity (Wildman–Crippen MR) is 223 cm³/mol. The van der Waals surface area contributed by atoms with Crippen molar-refractivity contribution in [1.29, 1.82) is 5.26 Å². The molecular formula is C45H64N6O7. The first-order valence-electron chi connectivity index (χ1n) is 21.1. The summed E-state index contributed by atoms with van der Waals surface area (Å²) in [4.78, 5) is 71.4. The number of nitriles is 1. The summed E-state index contributed by atoms with van der Waals surface area (Å²) < 4.78 is 12.2. The number of likely N-dealkylation sites (N-methyl/N-ethyl adjacent to an activating group) is 1. The van der Waals surface area contributed by atoms with Crippen LogP contribution >= 0.6 is 0 Å². The van der Waals surface area contributed by atoms with Crippen LogP contribution in [0.15, 0.2) is 36.4 Å². The molecule has 4 atom stereocenters. The fraction of sp³-hybridized carbons (Fsp3) is 0.600. The number of amides is 2. The number of fused-ring (bicyclic) bond motifs is 5. The maximum atomic E-state index is 14.6. The molecule has 0 aromatic heterocycles. The van der Waals surface area contributed by atoms with Crippen molar-refractivity contribution < 1.29 is 33.4 Å². The van der Waals surface area contributed by atoms with Gasteiger partial charge < -0.3 is 36.9 Å². The lowest BCUT2D eigenvalue weighted by atomic mass is 9.76. The molecule has 13 heteroatoms. The van der Waals surface area contributed by atoms with Crippen LogP contribution in [0.3, 0.4) is 0 Å². The number of ether oxygens (including phenoxy) is 2. The Kier molecular flexibility index (Phi) is 18.3. The Labute approximate surface area is 343 Å². The number of hydrogen-bond donors (Lipinski definition) is 4. The largest absolute Gasteiger partial charge is 0.492 e. The molecule has 4 bridgehead atoms. The third-order valence-electron chi connectivity index (χ3n) is 11.6. The first kappa shape index (κ1) is 46.1. The monoisotopic (exact) mass is 800 g/mol. The third-order valence-corrected chi connectivity index (χ3v) is 11.6. The second-order valence-corrected chi connectivity index (χ2v) is 16.0. The second-order valence-electron chi connectivity index (χ2n) is 16.0. The number of nitrogens with one attached hydrogen (secondary N) is 1. The van der Waals surface area contributed by atoms with E-state index in [9.17, 15) is 29.2 Å². The Bertz CT molecular complexity index is 1770. The molecular weight excluding hydrogens is 737 g/mol. The van der Waals surface area contributed by atoms with Crippen molar-refractivity contribution in [3.63, 3.8) is 0 Å². The van der Waals surface area contributed by atoms with E-state index in [1.165, 1.54) is 17.7 Å². The lowest BCUT2D eigenvalue weighted by Gasteiger charge is -2.33. The topological polar surface area (TPSA) is 221 Å². The van der Waals surface area contributed by atoms with Crippen molar-refractivity contribution in [2.24, 2.45) is 40.9 Å². The number of benzene rings is 2. The summed E-state index contributed by atoms with van der Waals surface area (Å²) in [6, 6.07) is 10.5. The zero-order valence-corrected chi connectivity index (χ0v) is 34.6. The van der Waals surface area contributed by atoms with Gasteiger partial charge in [0.1, 0.15) is 36.5 Å². The molecule has 1 saturated carbocycles. The molecule has 4 rings (SSSR count). The average Bonchev–Trinajstić information content (AvgIpc) is 3.22. The fourth-order valence-electron chi connectivity index (χ4n) is 8.32. The number of rotatable bonds is 19. The Morgan fingerprint density at radius 1 is 0.914 bits per heavy atom. The van der Waals surface area contributed by atoms with Crippen molar-refractivity contribution in [3.8, 4) is 28.7 Å². The van der Waals surface area contributed by atoms with E-state index in [0.717, 1.165) is 32.1 Å². The molecule has 316 valence electrons. The average molecular weight is 801 g/mol. The van der Waals surface area contributed by atoms with Crippen molar-refractivity contribution in [2.45, 2.75) is 109 Å². The molecule has 1 aliphatic heterocycles. The molecule has 2 aromatic carbocycles. The SMILES string of the molecule is CCCCC1CCC(C(=O)C[C@@H](CCN)C(=O)N(C)[C@@H]2C(=O)C[C@@H](C)C(=O)N[C@H](C(=O)CCC#N)Cc3ccc(OCCN)c(c3)-c3cc2ccc3OCCN)CC1. The minimum atomic E-state index is -1.15. The third kappa shape index (κ3) is 12.4. The number of unbranched alkanes of at least 4 members (excludes halogenated alkanes) is 1. The molecule has 58 heavy (non-hydrogen) atoms. The van der Waals surface area contributed by atoms with E-state index in [1.807, 2.05) is 12.1 Å². The summed E-state index contributed by atoms with van der Waals surface area (Å²) in [6.07, 6.45) is 7.31. The summed E-state index contributed by atoms with van der Waals surface area (Å²) in [5, 5.41) is 12.1. The maximum Gasteiger partial charge on any atom is 0.226 e. The summed E-state index contributed by atoms with van der Waals surface area (Å²) in [5.74, 6) is -1.68.